The number of nitrogens with one attached hydrogen (secondary N) is 4. The minimum atomic E-state index is 0.170. The van der Waals surface area contributed by atoms with Crippen LogP contribution in [0.2, 0.25) is 0 Å². The average molecular weight is 458 g/mol. The van der Waals surface area contributed by atoms with Crippen LogP contribution in [0.15, 0.2) is 18.3 Å². The summed E-state index contributed by atoms with van der Waals surface area (Å²) in [6, 6.07) is 4.54. The highest BCUT2D eigenvalue weighted by Gasteiger charge is 2.33. The first-order valence-electron chi connectivity index (χ1n) is 12.8. The number of nitrogens with zero attached hydrogens (tertiary/aromatic N) is 3. The van der Waals surface area contributed by atoms with Gasteiger partial charge >= 0.3 is 0 Å². The Morgan fingerprint density at radius 3 is 2.85 bits per heavy atom. The molecule has 2 aliphatic heterocycles. The Hall–Kier alpha value is -2.93. The second-order valence-corrected chi connectivity index (χ2v) is 10.9. The molecule has 6 rings (SSSR count). The van der Waals surface area contributed by atoms with Crippen molar-refractivity contribution in [2.24, 2.45) is 11.3 Å². The van der Waals surface area contributed by atoms with Gasteiger partial charge in [-0.25, -0.2) is 15.0 Å². The van der Waals surface area contributed by atoms with Crippen molar-refractivity contribution in [1.82, 2.24) is 30.6 Å². The van der Waals surface area contributed by atoms with Crippen LogP contribution in [0.25, 0.3) is 34.2 Å². The van der Waals surface area contributed by atoms with Crippen molar-refractivity contribution in [3.8, 4) is 11.4 Å². The number of aromatic amines is 1. The zero-order chi connectivity index (χ0) is 23.3. The van der Waals surface area contributed by atoms with Crippen LogP contribution in [0.5, 0.6) is 0 Å². The summed E-state index contributed by atoms with van der Waals surface area (Å²) in [7, 11) is 0. The van der Waals surface area contributed by atoms with E-state index in [1.807, 2.05) is 12.3 Å². The van der Waals surface area contributed by atoms with Gasteiger partial charge in [0, 0.05) is 46.8 Å². The molecule has 3 aromatic heterocycles. The third-order valence-electron chi connectivity index (χ3n) is 7.81. The number of rotatable bonds is 4. The van der Waals surface area contributed by atoms with E-state index in [0.29, 0.717) is 12.0 Å². The molecule has 1 aliphatic carbocycles. The Bertz CT molecular complexity index is 1350. The van der Waals surface area contributed by atoms with Gasteiger partial charge in [0.1, 0.15) is 11.5 Å². The maximum Gasteiger partial charge on any atom is 0.163 e. The Labute approximate surface area is 200 Å². The predicted octanol–water partition coefficient (Wildman–Crippen LogP) is 2.81. The lowest BCUT2D eigenvalue weighted by Gasteiger charge is -2.37. The first kappa shape index (κ1) is 21.6. The van der Waals surface area contributed by atoms with Crippen molar-refractivity contribution >= 4 is 28.6 Å². The lowest BCUT2D eigenvalue weighted by molar-refractivity contribution is 0.246. The van der Waals surface area contributed by atoms with Gasteiger partial charge in [-0.3, -0.25) is 0 Å². The lowest BCUT2D eigenvalue weighted by Crippen LogP contribution is -2.46. The third-order valence-corrected chi connectivity index (χ3v) is 7.81. The molecule has 3 aliphatic rings. The van der Waals surface area contributed by atoms with E-state index in [1.54, 1.807) is 0 Å². The molecule has 5 heterocycles. The number of H-pyrrole nitrogens is 1. The molecule has 7 heteroatoms. The zero-order valence-corrected chi connectivity index (χ0v) is 20.5. The van der Waals surface area contributed by atoms with Gasteiger partial charge in [-0.1, -0.05) is 13.8 Å². The average Bonchev–Trinajstić information content (AvgIpc) is 3.58. The topological polar surface area (TPSA) is 90.6 Å². The molecule has 1 atom stereocenters. The van der Waals surface area contributed by atoms with E-state index in [0.717, 1.165) is 71.8 Å². The van der Waals surface area contributed by atoms with Crippen molar-refractivity contribution in [2.45, 2.75) is 58.9 Å². The molecular weight excluding hydrogens is 422 g/mol. The fourth-order valence-electron chi connectivity index (χ4n) is 5.57. The number of hydrogen-bond acceptors (Lipinski definition) is 6. The van der Waals surface area contributed by atoms with E-state index in [4.69, 9.17) is 9.97 Å². The minimum absolute atomic E-state index is 0.170. The van der Waals surface area contributed by atoms with Crippen LogP contribution in [0.4, 0.5) is 5.82 Å². The summed E-state index contributed by atoms with van der Waals surface area (Å²) in [6.45, 7) is 9.88. The maximum absolute atomic E-state index is 5.24. The molecule has 2 fully saturated rings. The molecule has 0 amide bonds. The highest BCUT2D eigenvalue weighted by atomic mass is 15.1. The Balaban J connectivity index is 1.53. The van der Waals surface area contributed by atoms with Crippen molar-refractivity contribution in [1.29, 1.82) is 0 Å². The SMILES string of the molecule is Cc1cc2c(-c3nc(NC4CCCNCCC4(C)C)c4c(n3)=CNCC=4C3CC3)ccnc2[nH]1. The van der Waals surface area contributed by atoms with E-state index < -0.39 is 0 Å². The number of aryl methyl sites for hydroxylation is 1. The van der Waals surface area contributed by atoms with Crippen LogP contribution >= 0.6 is 0 Å². The van der Waals surface area contributed by atoms with Gasteiger partial charge in [0.15, 0.2) is 5.82 Å². The fourth-order valence-corrected chi connectivity index (χ4v) is 5.57. The molecule has 1 unspecified atom stereocenters. The van der Waals surface area contributed by atoms with Gasteiger partial charge < -0.3 is 20.9 Å². The molecular formula is C27H35N7. The monoisotopic (exact) mass is 457 g/mol. The Morgan fingerprint density at radius 1 is 1.12 bits per heavy atom. The van der Waals surface area contributed by atoms with E-state index in [9.17, 15) is 0 Å². The highest BCUT2D eigenvalue weighted by Crippen LogP contribution is 2.37. The smallest absolute Gasteiger partial charge is 0.163 e. The molecule has 3 aromatic rings. The first-order chi connectivity index (χ1) is 16.5. The first-order valence-corrected chi connectivity index (χ1v) is 12.8. The van der Waals surface area contributed by atoms with Gasteiger partial charge in [0.2, 0.25) is 0 Å². The number of hydrogen-bond donors (Lipinski definition) is 4. The molecule has 0 aromatic carbocycles. The number of fused-ring (bicyclic) bond motifs is 2. The molecule has 0 spiro atoms. The summed E-state index contributed by atoms with van der Waals surface area (Å²) in [5, 5.41) is 14.3. The van der Waals surface area contributed by atoms with E-state index in [2.05, 4.69) is 59.0 Å². The molecule has 34 heavy (non-hydrogen) atoms. The molecule has 4 N–H and O–H groups in total. The van der Waals surface area contributed by atoms with Gasteiger partial charge in [-0.05, 0) is 81.2 Å². The second kappa shape index (κ2) is 8.38. The summed E-state index contributed by atoms with van der Waals surface area (Å²) in [6.07, 6.45) is 9.90. The number of aromatic nitrogens is 4. The van der Waals surface area contributed by atoms with Crippen molar-refractivity contribution in [3.05, 3.63) is 34.6 Å². The summed E-state index contributed by atoms with van der Waals surface area (Å²) in [4.78, 5) is 18.2. The molecule has 1 saturated carbocycles. The van der Waals surface area contributed by atoms with Crippen LogP contribution in [-0.2, 0) is 0 Å². The number of anilines is 1. The van der Waals surface area contributed by atoms with Crippen LogP contribution < -0.4 is 26.5 Å². The van der Waals surface area contributed by atoms with Gasteiger partial charge in [0.05, 0.1) is 5.35 Å². The van der Waals surface area contributed by atoms with E-state index in [1.165, 1.54) is 30.1 Å². The van der Waals surface area contributed by atoms with E-state index in [-0.39, 0.29) is 5.41 Å². The molecule has 0 bridgehead atoms. The minimum Gasteiger partial charge on any atom is -0.385 e. The fraction of sp³-hybridized carbons (Fsp3) is 0.519. The lowest BCUT2D eigenvalue weighted by atomic mass is 9.78. The normalized spacial score (nSPS) is 22.3. The summed E-state index contributed by atoms with van der Waals surface area (Å²) < 4.78 is 0. The van der Waals surface area contributed by atoms with E-state index >= 15 is 0 Å². The van der Waals surface area contributed by atoms with Gasteiger partial charge in [-0.15, -0.1) is 0 Å². The summed E-state index contributed by atoms with van der Waals surface area (Å²) >= 11 is 0. The van der Waals surface area contributed by atoms with Crippen LogP contribution in [-0.4, -0.2) is 45.6 Å². The quantitative estimate of drug-likeness (QED) is 0.482. The van der Waals surface area contributed by atoms with Gasteiger partial charge in [-0.2, -0.15) is 0 Å². The standard InChI is InChI=1S/C27H35N7/c1-16-13-19-18(8-11-30-24(19)31-16)25-32-21-15-29-14-20(17-6-7-17)23(21)26(34-25)33-22-5-4-10-28-12-9-27(22,2)3/h8,11,13,15,17,22,28-29H,4-7,9-10,12,14H2,1-3H3,(H,30,31)(H,32,33,34). The van der Waals surface area contributed by atoms with Crippen molar-refractivity contribution in [2.75, 3.05) is 25.0 Å². The molecule has 178 valence electrons. The second-order valence-electron chi connectivity index (χ2n) is 10.9. The summed E-state index contributed by atoms with van der Waals surface area (Å²) in [5.41, 5.74) is 4.63. The third kappa shape index (κ3) is 3.96. The predicted molar refractivity (Wildman–Crippen MR) is 138 cm³/mol. The molecule has 7 nitrogen and oxygen atoms in total. The van der Waals surface area contributed by atoms with Crippen LogP contribution in [0, 0.1) is 18.3 Å². The zero-order valence-electron chi connectivity index (χ0n) is 20.5. The van der Waals surface area contributed by atoms with Gasteiger partial charge in [0.25, 0.3) is 0 Å². The van der Waals surface area contributed by atoms with Crippen molar-refractivity contribution in [3.63, 3.8) is 0 Å². The summed E-state index contributed by atoms with van der Waals surface area (Å²) in [5.74, 6) is 2.42. The molecule has 0 radical (unpaired) electrons. The number of pyridine rings is 1. The molecule has 1 saturated heterocycles. The van der Waals surface area contributed by atoms with Crippen LogP contribution in [0.3, 0.4) is 0 Å². The Kier molecular flexibility index (Phi) is 5.32. The Morgan fingerprint density at radius 2 is 2.00 bits per heavy atom. The van der Waals surface area contributed by atoms with Crippen molar-refractivity contribution < 1.29 is 0 Å². The van der Waals surface area contributed by atoms with Crippen LogP contribution in [0.1, 0.15) is 51.6 Å². The maximum atomic E-state index is 5.24. The highest BCUT2D eigenvalue weighted by molar-refractivity contribution is 5.91. The largest absolute Gasteiger partial charge is 0.385 e.